The topological polar surface area (TPSA) is 65.4 Å². The molecule has 144 valence electrons. The van der Waals surface area contributed by atoms with Gasteiger partial charge >= 0.3 is 0 Å². The molecular formula is C22H23N3O3. The summed E-state index contributed by atoms with van der Waals surface area (Å²) in [6.07, 6.45) is 0.784. The Kier molecular flexibility index (Phi) is 5.68. The van der Waals surface area contributed by atoms with Crippen molar-refractivity contribution in [2.45, 2.75) is 19.1 Å². The van der Waals surface area contributed by atoms with Crippen molar-refractivity contribution >= 4 is 0 Å². The number of rotatable bonds is 7. The lowest BCUT2D eigenvalue weighted by molar-refractivity contribution is 0.0904. The van der Waals surface area contributed by atoms with Gasteiger partial charge in [0.15, 0.2) is 11.5 Å². The molecule has 2 heterocycles. The van der Waals surface area contributed by atoms with Crippen molar-refractivity contribution in [3.05, 3.63) is 77.1 Å². The largest absolute Gasteiger partial charge is 0.486 e. The summed E-state index contributed by atoms with van der Waals surface area (Å²) in [5.74, 6) is 1.58. The molecule has 0 saturated heterocycles. The number of nitrogens with zero attached hydrogens (tertiary/aromatic N) is 2. The van der Waals surface area contributed by atoms with Crippen molar-refractivity contribution in [1.29, 1.82) is 0 Å². The standard InChI is InChI=1S/C22H23N3O3/c26-22-12-11-19(17-7-2-1-3-8-17)24-25(22)14-6-13-23-15-18-16-27-20-9-4-5-10-21(20)28-18/h1-5,7-12,18,23H,6,13-16H2. The van der Waals surface area contributed by atoms with Crippen molar-refractivity contribution in [3.63, 3.8) is 0 Å². The third-order valence-electron chi connectivity index (χ3n) is 4.60. The molecular weight excluding hydrogens is 354 g/mol. The predicted molar refractivity (Wildman–Crippen MR) is 108 cm³/mol. The summed E-state index contributed by atoms with van der Waals surface area (Å²) in [6.45, 7) is 2.56. The Morgan fingerprint density at radius 1 is 1.00 bits per heavy atom. The van der Waals surface area contributed by atoms with E-state index in [0.29, 0.717) is 19.7 Å². The molecule has 0 radical (unpaired) electrons. The van der Waals surface area contributed by atoms with E-state index in [2.05, 4.69) is 10.4 Å². The Labute approximate surface area is 163 Å². The van der Waals surface area contributed by atoms with E-state index in [1.165, 1.54) is 4.68 Å². The number of hydrogen-bond donors (Lipinski definition) is 1. The lowest BCUT2D eigenvalue weighted by Crippen LogP contribution is -2.39. The van der Waals surface area contributed by atoms with Crippen LogP contribution in [-0.4, -0.2) is 35.6 Å². The van der Waals surface area contributed by atoms with E-state index in [1.807, 2.05) is 54.6 Å². The minimum absolute atomic E-state index is 0.0165. The van der Waals surface area contributed by atoms with Gasteiger partial charge in [0.05, 0.1) is 5.69 Å². The van der Waals surface area contributed by atoms with E-state index >= 15 is 0 Å². The van der Waals surface area contributed by atoms with Crippen LogP contribution in [0.5, 0.6) is 11.5 Å². The second-order valence-corrected chi connectivity index (χ2v) is 6.70. The highest BCUT2D eigenvalue weighted by Gasteiger charge is 2.19. The molecule has 0 amide bonds. The van der Waals surface area contributed by atoms with E-state index < -0.39 is 0 Å². The van der Waals surface area contributed by atoms with Crippen LogP contribution in [0.25, 0.3) is 11.3 Å². The van der Waals surface area contributed by atoms with Gasteiger partial charge in [-0.05, 0) is 31.2 Å². The van der Waals surface area contributed by atoms with Gasteiger partial charge in [-0.15, -0.1) is 0 Å². The molecule has 0 fully saturated rings. The fourth-order valence-electron chi connectivity index (χ4n) is 3.15. The summed E-state index contributed by atoms with van der Waals surface area (Å²) in [5.41, 5.74) is 1.73. The van der Waals surface area contributed by atoms with Gasteiger partial charge in [0.25, 0.3) is 5.56 Å². The Morgan fingerprint density at radius 2 is 1.79 bits per heavy atom. The molecule has 6 nitrogen and oxygen atoms in total. The molecule has 1 aliphatic rings. The van der Waals surface area contributed by atoms with Crippen LogP contribution in [0.2, 0.25) is 0 Å². The molecule has 1 N–H and O–H groups in total. The first-order chi connectivity index (χ1) is 13.8. The van der Waals surface area contributed by atoms with E-state index in [4.69, 9.17) is 9.47 Å². The molecule has 3 aromatic rings. The average Bonchev–Trinajstić information content (AvgIpc) is 2.75. The van der Waals surface area contributed by atoms with Gasteiger partial charge < -0.3 is 14.8 Å². The van der Waals surface area contributed by atoms with Crippen molar-refractivity contribution in [2.75, 3.05) is 19.7 Å². The van der Waals surface area contributed by atoms with Crippen molar-refractivity contribution in [2.24, 2.45) is 0 Å². The molecule has 4 rings (SSSR count). The van der Waals surface area contributed by atoms with E-state index in [1.54, 1.807) is 12.1 Å². The molecule has 6 heteroatoms. The second-order valence-electron chi connectivity index (χ2n) is 6.70. The maximum atomic E-state index is 12.1. The zero-order valence-corrected chi connectivity index (χ0v) is 15.6. The van der Waals surface area contributed by atoms with Gasteiger partial charge in [-0.25, -0.2) is 4.68 Å². The minimum Gasteiger partial charge on any atom is -0.486 e. The number of para-hydroxylation sites is 2. The maximum absolute atomic E-state index is 12.1. The molecule has 1 aromatic heterocycles. The summed E-state index contributed by atoms with van der Waals surface area (Å²) in [5, 5.41) is 7.86. The Bertz CT molecular complexity index is 972. The van der Waals surface area contributed by atoms with Gasteiger partial charge in [0, 0.05) is 24.7 Å². The normalized spacial score (nSPS) is 15.4. The Hall–Kier alpha value is -3.12. The van der Waals surface area contributed by atoms with Gasteiger partial charge in [0.2, 0.25) is 0 Å². The molecule has 0 spiro atoms. The SMILES string of the molecule is O=c1ccc(-c2ccccc2)nn1CCCNCC1COc2ccccc2O1. The molecule has 1 aliphatic heterocycles. The van der Waals surface area contributed by atoms with Crippen LogP contribution in [0.3, 0.4) is 0 Å². The van der Waals surface area contributed by atoms with Crippen LogP contribution in [0.4, 0.5) is 0 Å². The quantitative estimate of drug-likeness (QED) is 0.642. The first-order valence-electron chi connectivity index (χ1n) is 9.52. The van der Waals surface area contributed by atoms with Crippen LogP contribution in [0.1, 0.15) is 6.42 Å². The molecule has 1 atom stereocenters. The third-order valence-corrected chi connectivity index (χ3v) is 4.60. The van der Waals surface area contributed by atoms with Gasteiger partial charge in [-0.2, -0.15) is 5.10 Å². The lowest BCUT2D eigenvalue weighted by atomic mass is 10.1. The monoisotopic (exact) mass is 377 g/mol. The minimum atomic E-state index is -0.0831. The van der Waals surface area contributed by atoms with Gasteiger partial charge in [-0.3, -0.25) is 4.79 Å². The molecule has 0 aliphatic carbocycles. The van der Waals surface area contributed by atoms with Crippen LogP contribution < -0.4 is 20.3 Å². The summed E-state index contributed by atoms with van der Waals surface area (Å²) >= 11 is 0. The van der Waals surface area contributed by atoms with Crippen LogP contribution in [0.15, 0.2) is 71.5 Å². The smallest absolute Gasteiger partial charge is 0.266 e. The van der Waals surface area contributed by atoms with Gasteiger partial charge in [0.1, 0.15) is 12.7 Å². The number of benzene rings is 2. The molecule has 2 aromatic carbocycles. The second kappa shape index (κ2) is 8.71. The van der Waals surface area contributed by atoms with Crippen LogP contribution in [0, 0.1) is 0 Å². The van der Waals surface area contributed by atoms with E-state index in [0.717, 1.165) is 35.7 Å². The van der Waals surface area contributed by atoms with Crippen molar-refractivity contribution in [1.82, 2.24) is 15.1 Å². The van der Waals surface area contributed by atoms with Crippen molar-refractivity contribution < 1.29 is 9.47 Å². The maximum Gasteiger partial charge on any atom is 0.266 e. The fraction of sp³-hybridized carbons (Fsp3) is 0.273. The highest BCUT2D eigenvalue weighted by molar-refractivity contribution is 5.57. The number of aryl methyl sites for hydroxylation is 1. The van der Waals surface area contributed by atoms with E-state index in [9.17, 15) is 4.79 Å². The van der Waals surface area contributed by atoms with Gasteiger partial charge in [-0.1, -0.05) is 42.5 Å². The van der Waals surface area contributed by atoms with Crippen LogP contribution >= 0.6 is 0 Å². The average molecular weight is 377 g/mol. The Balaban J connectivity index is 1.25. The van der Waals surface area contributed by atoms with Crippen molar-refractivity contribution in [3.8, 4) is 22.8 Å². The summed E-state index contributed by atoms with van der Waals surface area (Å²) in [7, 11) is 0. The molecule has 1 unspecified atom stereocenters. The first kappa shape index (κ1) is 18.3. The molecule has 28 heavy (non-hydrogen) atoms. The fourth-order valence-corrected chi connectivity index (χ4v) is 3.15. The first-order valence-corrected chi connectivity index (χ1v) is 9.52. The van der Waals surface area contributed by atoms with Crippen LogP contribution in [-0.2, 0) is 6.54 Å². The highest BCUT2D eigenvalue weighted by atomic mass is 16.6. The highest BCUT2D eigenvalue weighted by Crippen LogP contribution is 2.30. The number of hydrogen-bond acceptors (Lipinski definition) is 5. The number of aromatic nitrogens is 2. The number of ether oxygens (including phenoxy) is 2. The Morgan fingerprint density at radius 3 is 2.64 bits per heavy atom. The summed E-state index contributed by atoms with van der Waals surface area (Å²) in [6, 6.07) is 20.9. The van der Waals surface area contributed by atoms with E-state index in [-0.39, 0.29) is 11.7 Å². The third kappa shape index (κ3) is 4.40. The summed E-state index contributed by atoms with van der Waals surface area (Å²) in [4.78, 5) is 12.1. The number of nitrogens with one attached hydrogen (secondary N) is 1. The summed E-state index contributed by atoms with van der Waals surface area (Å²) < 4.78 is 13.2. The zero-order chi connectivity index (χ0) is 19.2. The lowest BCUT2D eigenvalue weighted by Gasteiger charge is -2.26. The molecule has 0 saturated carbocycles. The zero-order valence-electron chi connectivity index (χ0n) is 15.6. The molecule has 0 bridgehead atoms. The predicted octanol–water partition coefficient (Wildman–Crippen LogP) is 2.73. The number of fused-ring (bicyclic) bond motifs is 1.